The van der Waals surface area contributed by atoms with Crippen molar-refractivity contribution in [2.24, 2.45) is 0 Å². The van der Waals surface area contributed by atoms with Crippen LogP contribution in [0.1, 0.15) is 36.7 Å². The number of benzene rings is 2. The number of carbonyl (C=O) groups is 2. The maximum Gasteiger partial charge on any atom is 0.407 e. The van der Waals surface area contributed by atoms with Crippen molar-refractivity contribution >= 4 is 29.3 Å². The van der Waals surface area contributed by atoms with E-state index in [2.05, 4.69) is 51.2 Å². The molecule has 0 bridgehead atoms. The van der Waals surface area contributed by atoms with Crippen LogP contribution >= 0.6 is 0 Å². The first-order valence-corrected chi connectivity index (χ1v) is 11.7. The number of fused-ring (bicyclic) bond motifs is 1. The van der Waals surface area contributed by atoms with Crippen molar-refractivity contribution in [2.45, 2.75) is 33.3 Å². The van der Waals surface area contributed by atoms with Crippen molar-refractivity contribution in [3.63, 3.8) is 0 Å². The second-order valence-corrected chi connectivity index (χ2v) is 9.38. The van der Waals surface area contributed by atoms with Crippen LogP contribution in [-0.4, -0.2) is 45.3 Å². The number of carbonyl (C=O) groups excluding carboxylic acids is 2. The first kappa shape index (κ1) is 24.7. The molecule has 4 rings (SSSR count). The second-order valence-electron chi connectivity index (χ2n) is 9.38. The molecule has 2 heterocycles. The molecule has 4 aromatic rings. The number of hydrogen-bond acceptors (Lipinski definition) is 6. The molecule has 2 amide bonds. The maximum atomic E-state index is 12.4. The third-order valence-corrected chi connectivity index (χ3v) is 5.17. The van der Waals surface area contributed by atoms with E-state index in [9.17, 15) is 9.59 Å². The Kier molecular flexibility index (Phi) is 7.19. The standard InChI is InChI=1S/C27H30N6O3/c1-18-7-5-8-20(17-18)22-9-6-16-33-23(22)31-25(32-33)30-21-12-10-19(11-13-21)24(34)28-14-15-29-26(35)36-27(2,3)4/h5-13,16-17H,14-15H2,1-4H3,(H,28,34)(H,29,35)(H,30,32). The Labute approximate surface area is 209 Å². The molecule has 3 N–H and O–H groups in total. The minimum atomic E-state index is -0.564. The highest BCUT2D eigenvalue weighted by Gasteiger charge is 2.15. The Balaban J connectivity index is 1.35. The lowest BCUT2D eigenvalue weighted by Crippen LogP contribution is -2.37. The van der Waals surface area contributed by atoms with Crippen LogP contribution in [0.2, 0.25) is 0 Å². The molecule has 0 saturated carbocycles. The fourth-order valence-electron chi connectivity index (χ4n) is 3.59. The Morgan fingerprint density at radius 3 is 2.44 bits per heavy atom. The lowest BCUT2D eigenvalue weighted by atomic mass is 10.1. The van der Waals surface area contributed by atoms with Crippen LogP contribution in [0.15, 0.2) is 66.9 Å². The zero-order valence-electron chi connectivity index (χ0n) is 20.8. The third-order valence-electron chi connectivity index (χ3n) is 5.17. The molecule has 36 heavy (non-hydrogen) atoms. The number of nitrogens with one attached hydrogen (secondary N) is 3. The number of anilines is 2. The number of pyridine rings is 1. The van der Waals surface area contributed by atoms with Gasteiger partial charge < -0.3 is 20.7 Å². The summed E-state index contributed by atoms with van der Waals surface area (Å²) in [5.41, 5.74) is 4.70. The van der Waals surface area contributed by atoms with Crippen LogP contribution < -0.4 is 16.0 Å². The molecule has 9 nitrogen and oxygen atoms in total. The van der Waals surface area contributed by atoms with Crippen LogP contribution in [0.3, 0.4) is 0 Å². The van der Waals surface area contributed by atoms with Crippen LogP contribution in [0.5, 0.6) is 0 Å². The number of hydrogen-bond donors (Lipinski definition) is 3. The van der Waals surface area contributed by atoms with E-state index >= 15 is 0 Å². The summed E-state index contributed by atoms with van der Waals surface area (Å²) in [6.45, 7) is 7.99. The fourth-order valence-corrected chi connectivity index (χ4v) is 3.59. The molecular formula is C27H30N6O3. The molecule has 0 aliphatic heterocycles. The van der Waals surface area contributed by atoms with Gasteiger partial charge in [0.2, 0.25) is 5.95 Å². The van der Waals surface area contributed by atoms with Crippen molar-refractivity contribution in [1.29, 1.82) is 0 Å². The zero-order valence-corrected chi connectivity index (χ0v) is 20.8. The van der Waals surface area contributed by atoms with Crippen molar-refractivity contribution in [3.05, 3.63) is 78.0 Å². The van der Waals surface area contributed by atoms with Gasteiger partial charge in [-0.15, -0.1) is 5.10 Å². The van der Waals surface area contributed by atoms with E-state index in [4.69, 9.17) is 4.74 Å². The number of nitrogens with zero attached hydrogens (tertiary/aromatic N) is 3. The number of aromatic nitrogens is 3. The van der Waals surface area contributed by atoms with Gasteiger partial charge in [0, 0.05) is 36.1 Å². The SMILES string of the molecule is Cc1cccc(-c2cccn3nc(Nc4ccc(C(=O)NCCNC(=O)OC(C)(C)C)cc4)nc23)c1. The van der Waals surface area contributed by atoms with Gasteiger partial charge in [0.05, 0.1) is 0 Å². The average Bonchev–Trinajstić information content (AvgIpc) is 3.23. The maximum absolute atomic E-state index is 12.4. The van der Waals surface area contributed by atoms with Crippen LogP contribution in [0.4, 0.5) is 16.4 Å². The fraction of sp³-hybridized carbons (Fsp3) is 0.259. The van der Waals surface area contributed by atoms with Crippen LogP contribution in [0.25, 0.3) is 16.8 Å². The van der Waals surface area contributed by atoms with E-state index in [1.807, 2.05) is 24.4 Å². The molecule has 186 valence electrons. The second kappa shape index (κ2) is 10.5. The number of aryl methyl sites for hydroxylation is 1. The number of alkyl carbamates (subject to hydrolysis) is 1. The van der Waals surface area contributed by atoms with Crippen molar-refractivity contribution < 1.29 is 14.3 Å². The minimum absolute atomic E-state index is 0.235. The largest absolute Gasteiger partial charge is 0.444 e. The number of rotatable bonds is 7. The topological polar surface area (TPSA) is 110 Å². The molecule has 2 aromatic heterocycles. The van der Waals surface area contributed by atoms with E-state index < -0.39 is 11.7 Å². The summed E-state index contributed by atoms with van der Waals surface area (Å²) < 4.78 is 6.91. The van der Waals surface area contributed by atoms with E-state index in [-0.39, 0.29) is 19.0 Å². The first-order chi connectivity index (χ1) is 17.2. The molecule has 0 saturated heterocycles. The summed E-state index contributed by atoms with van der Waals surface area (Å²) in [6, 6.07) is 19.3. The van der Waals surface area contributed by atoms with E-state index in [1.54, 1.807) is 49.6 Å². The van der Waals surface area contributed by atoms with E-state index in [0.29, 0.717) is 11.5 Å². The molecule has 0 unspecified atom stereocenters. The Morgan fingerprint density at radius 2 is 1.72 bits per heavy atom. The van der Waals surface area contributed by atoms with Gasteiger partial charge in [-0.05, 0) is 69.7 Å². The lowest BCUT2D eigenvalue weighted by Gasteiger charge is -2.19. The van der Waals surface area contributed by atoms with Gasteiger partial charge in [-0.25, -0.2) is 9.31 Å². The molecule has 0 radical (unpaired) electrons. The quantitative estimate of drug-likeness (QED) is 0.327. The Morgan fingerprint density at radius 1 is 0.972 bits per heavy atom. The summed E-state index contributed by atoms with van der Waals surface area (Å²) >= 11 is 0. The van der Waals surface area contributed by atoms with Gasteiger partial charge in [0.1, 0.15) is 5.60 Å². The van der Waals surface area contributed by atoms with E-state index in [1.165, 1.54) is 5.56 Å². The molecular weight excluding hydrogens is 456 g/mol. The summed E-state index contributed by atoms with van der Waals surface area (Å²) in [7, 11) is 0. The molecule has 9 heteroatoms. The molecule has 0 aliphatic carbocycles. The molecule has 0 atom stereocenters. The highest BCUT2D eigenvalue weighted by molar-refractivity contribution is 5.94. The van der Waals surface area contributed by atoms with Gasteiger partial charge in [-0.1, -0.05) is 29.8 Å². The molecule has 0 spiro atoms. The van der Waals surface area contributed by atoms with Gasteiger partial charge in [0.25, 0.3) is 5.91 Å². The Hall–Kier alpha value is -4.40. The summed E-state index contributed by atoms with van der Waals surface area (Å²) in [4.78, 5) is 28.7. The zero-order chi connectivity index (χ0) is 25.7. The summed E-state index contributed by atoms with van der Waals surface area (Å²) in [6.07, 6.45) is 1.34. The minimum Gasteiger partial charge on any atom is -0.444 e. The van der Waals surface area contributed by atoms with Crippen LogP contribution in [-0.2, 0) is 4.74 Å². The monoisotopic (exact) mass is 486 g/mol. The normalized spacial score (nSPS) is 11.2. The average molecular weight is 487 g/mol. The number of ether oxygens (including phenoxy) is 1. The van der Waals surface area contributed by atoms with Gasteiger partial charge >= 0.3 is 6.09 Å². The first-order valence-electron chi connectivity index (χ1n) is 11.7. The summed E-state index contributed by atoms with van der Waals surface area (Å²) in [5, 5.41) is 13.1. The van der Waals surface area contributed by atoms with Crippen molar-refractivity contribution in [1.82, 2.24) is 25.2 Å². The molecule has 2 aromatic carbocycles. The summed E-state index contributed by atoms with van der Waals surface area (Å²) in [5.74, 6) is 0.224. The highest BCUT2D eigenvalue weighted by Crippen LogP contribution is 2.25. The van der Waals surface area contributed by atoms with E-state index in [0.717, 1.165) is 22.5 Å². The highest BCUT2D eigenvalue weighted by atomic mass is 16.6. The lowest BCUT2D eigenvalue weighted by molar-refractivity contribution is 0.0526. The predicted molar refractivity (Wildman–Crippen MR) is 139 cm³/mol. The van der Waals surface area contributed by atoms with Gasteiger partial charge in [-0.3, -0.25) is 4.79 Å². The number of amides is 2. The van der Waals surface area contributed by atoms with Gasteiger partial charge in [0.15, 0.2) is 5.65 Å². The molecule has 0 aliphatic rings. The third kappa shape index (κ3) is 6.38. The van der Waals surface area contributed by atoms with Crippen molar-refractivity contribution in [3.8, 4) is 11.1 Å². The smallest absolute Gasteiger partial charge is 0.407 e. The van der Waals surface area contributed by atoms with Crippen molar-refractivity contribution in [2.75, 3.05) is 18.4 Å². The predicted octanol–water partition coefficient (Wildman–Crippen LogP) is 4.70. The van der Waals surface area contributed by atoms with Gasteiger partial charge in [-0.2, -0.15) is 4.98 Å². The Bertz CT molecular complexity index is 1370. The van der Waals surface area contributed by atoms with Crippen LogP contribution in [0, 0.1) is 6.92 Å². The molecule has 0 fully saturated rings.